The molecular weight excluding hydrogens is 213 g/mol. The highest BCUT2D eigenvalue weighted by Gasteiger charge is 2.20. The molecule has 0 spiro atoms. The zero-order valence-electron chi connectivity index (χ0n) is 6.62. The molecule has 8 heteroatoms. The lowest BCUT2D eigenvalue weighted by molar-refractivity contribution is 0.388. The summed E-state index contributed by atoms with van der Waals surface area (Å²) in [4.78, 5) is 21.3. The molecule has 0 aliphatic rings. The number of nitrogens with zero attached hydrogens (tertiary/aromatic N) is 1. The number of nitrogens with two attached hydrogens (primary N) is 2. The van der Waals surface area contributed by atoms with Crippen LogP contribution >= 0.6 is 18.9 Å². The summed E-state index contributed by atoms with van der Waals surface area (Å²) in [5, 5.41) is 0.535. The third kappa shape index (κ3) is 3.15. The Labute approximate surface area is 78.8 Å². The van der Waals surface area contributed by atoms with Crippen LogP contribution in [-0.4, -0.2) is 20.9 Å². The van der Waals surface area contributed by atoms with Crippen LogP contribution < -0.4 is 16.1 Å². The monoisotopic (exact) mass is 223 g/mol. The first-order valence-electron chi connectivity index (χ1n) is 3.41. The minimum atomic E-state index is -4.17. The molecule has 74 valence electrons. The van der Waals surface area contributed by atoms with Gasteiger partial charge in [-0.3, -0.25) is 4.57 Å². The van der Waals surface area contributed by atoms with E-state index in [0.717, 1.165) is 17.5 Å². The average molecular weight is 223 g/mol. The molecule has 0 atom stereocenters. The molecule has 1 heterocycles. The van der Waals surface area contributed by atoms with Crippen molar-refractivity contribution < 1.29 is 14.4 Å². The first kappa shape index (κ1) is 10.8. The standard InChI is InChI=1S/C5H10N3O3PS/c6-3(7)1-4-8-2-5(13-4)12(9,10)11/h2-3H,1,6-7H2,(H2,9,10,11). The highest BCUT2D eigenvalue weighted by Crippen LogP contribution is 2.35. The maximum atomic E-state index is 10.7. The lowest BCUT2D eigenvalue weighted by Crippen LogP contribution is -2.32. The van der Waals surface area contributed by atoms with E-state index in [0.29, 0.717) is 11.4 Å². The molecule has 1 aromatic heterocycles. The van der Waals surface area contributed by atoms with Crippen LogP contribution in [-0.2, 0) is 11.0 Å². The van der Waals surface area contributed by atoms with E-state index in [2.05, 4.69) is 4.98 Å². The maximum absolute atomic E-state index is 10.7. The van der Waals surface area contributed by atoms with Gasteiger partial charge in [0.15, 0.2) is 0 Å². The maximum Gasteiger partial charge on any atom is 0.367 e. The average Bonchev–Trinajstić information content (AvgIpc) is 2.32. The molecular formula is C5H10N3O3PS. The van der Waals surface area contributed by atoms with Gasteiger partial charge in [-0.1, -0.05) is 0 Å². The summed E-state index contributed by atoms with van der Waals surface area (Å²) < 4.78 is 10.7. The summed E-state index contributed by atoms with van der Waals surface area (Å²) in [5.74, 6) is 0. The molecule has 0 bridgehead atoms. The van der Waals surface area contributed by atoms with Gasteiger partial charge in [-0.15, -0.1) is 11.3 Å². The number of hydrogen-bond acceptors (Lipinski definition) is 5. The third-order valence-corrected chi connectivity index (χ3v) is 3.74. The summed E-state index contributed by atoms with van der Waals surface area (Å²) in [6.07, 6.45) is 0.934. The summed E-state index contributed by atoms with van der Waals surface area (Å²) >= 11 is 0.934. The van der Waals surface area contributed by atoms with Crippen molar-refractivity contribution in [2.75, 3.05) is 0 Å². The van der Waals surface area contributed by atoms with E-state index in [1.54, 1.807) is 0 Å². The van der Waals surface area contributed by atoms with E-state index < -0.39 is 13.8 Å². The van der Waals surface area contributed by atoms with Crippen LogP contribution in [0.1, 0.15) is 5.01 Å². The van der Waals surface area contributed by atoms with Gasteiger partial charge in [0, 0.05) is 6.42 Å². The molecule has 1 aromatic rings. The Bertz CT molecular complexity index is 334. The minimum Gasteiger partial charge on any atom is -0.320 e. The second-order valence-electron chi connectivity index (χ2n) is 2.50. The lowest BCUT2D eigenvalue weighted by atomic mass is 10.4. The Morgan fingerprint density at radius 1 is 1.62 bits per heavy atom. The predicted octanol–water partition coefficient (Wildman–Crippen LogP) is -1.27. The number of aromatic nitrogens is 1. The Kier molecular flexibility index (Phi) is 3.18. The van der Waals surface area contributed by atoms with Gasteiger partial charge < -0.3 is 21.3 Å². The molecule has 0 amide bonds. The molecule has 1 rings (SSSR count). The first-order valence-corrected chi connectivity index (χ1v) is 5.84. The highest BCUT2D eigenvalue weighted by atomic mass is 32.1. The van der Waals surface area contributed by atoms with Crippen molar-refractivity contribution in [3.05, 3.63) is 11.2 Å². The normalized spacial score (nSPS) is 12.4. The number of rotatable bonds is 3. The minimum absolute atomic E-state index is 0.0526. The Balaban J connectivity index is 2.81. The molecule has 6 nitrogen and oxygen atoms in total. The van der Waals surface area contributed by atoms with Crippen molar-refractivity contribution >= 4 is 23.6 Å². The fourth-order valence-electron chi connectivity index (χ4n) is 0.731. The molecule has 0 fully saturated rings. The van der Waals surface area contributed by atoms with Crippen molar-refractivity contribution in [2.24, 2.45) is 11.5 Å². The molecule has 0 aliphatic carbocycles. The van der Waals surface area contributed by atoms with Crippen LogP contribution in [0, 0.1) is 0 Å². The largest absolute Gasteiger partial charge is 0.367 e. The van der Waals surface area contributed by atoms with Crippen LogP contribution in [0.2, 0.25) is 0 Å². The summed E-state index contributed by atoms with van der Waals surface area (Å²) in [6.45, 7) is 0. The van der Waals surface area contributed by atoms with Crippen LogP contribution in [0.25, 0.3) is 0 Å². The lowest BCUT2D eigenvalue weighted by Gasteiger charge is -1.99. The number of thiazole rings is 1. The van der Waals surface area contributed by atoms with Gasteiger partial charge >= 0.3 is 7.60 Å². The molecule has 0 aromatic carbocycles. The van der Waals surface area contributed by atoms with Crippen molar-refractivity contribution in [2.45, 2.75) is 12.6 Å². The van der Waals surface area contributed by atoms with Crippen molar-refractivity contribution in [1.29, 1.82) is 0 Å². The fraction of sp³-hybridized carbons (Fsp3) is 0.400. The van der Waals surface area contributed by atoms with Crippen LogP contribution in [0.15, 0.2) is 6.20 Å². The van der Waals surface area contributed by atoms with Gasteiger partial charge in [-0.25, -0.2) is 4.98 Å². The molecule has 6 N–H and O–H groups in total. The zero-order valence-corrected chi connectivity index (χ0v) is 8.33. The van der Waals surface area contributed by atoms with Crippen molar-refractivity contribution in [1.82, 2.24) is 4.98 Å². The van der Waals surface area contributed by atoms with Crippen LogP contribution in [0.3, 0.4) is 0 Å². The molecule has 0 saturated carbocycles. The number of hydrogen-bond donors (Lipinski definition) is 4. The van der Waals surface area contributed by atoms with Gasteiger partial charge in [0.05, 0.1) is 17.4 Å². The van der Waals surface area contributed by atoms with E-state index in [1.807, 2.05) is 0 Å². The van der Waals surface area contributed by atoms with Gasteiger partial charge in [0.1, 0.15) is 4.62 Å². The van der Waals surface area contributed by atoms with E-state index in [4.69, 9.17) is 21.3 Å². The SMILES string of the molecule is NC(N)Cc1ncc(P(=O)(O)O)s1. The van der Waals surface area contributed by atoms with Gasteiger partial charge in [-0.05, 0) is 0 Å². The summed E-state index contributed by atoms with van der Waals surface area (Å²) in [5.41, 5.74) is 10.6. The Hall–Kier alpha value is -0.300. The van der Waals surface area contributed by atoms with Gasteiger partial charge in [0.25, 0.3) is 0 Å². The van der Waals surface area contributed by atoms with E-state index >= 15 is 0 Å². The first-order chi connectivity index (χ1) is 5.89. The van der Waals surface area contributed by atoms with Gasteiger partial charge in [0.2, 0.25) is 0 Å². The quantitative estimate of drug-likeness (QED) is 0.374. The Morgan fingerprint density at radius 2 is 2.23 bits per heavy atom. The van der Waals surface area contributed by atoms with Crippen LogP contribution in [0.5, 0.6) is 0 Å². The third-order valence-electron chi connectivity index (χ3n) is 1.24. The van der Waals surface area contributed by atoms with Crippen LogP contribution in [0.4, 0.5) is 0 Å². The highest BCUT2D eigenvalue weighted by molar-refractivity contribution is 7.67. The van der Waals surface area contributed by atoms with Crippen molar-refractivity contribution in [3.8, 4) is 0 Å². The topological polar surface area (TPSA) is 122 Å². The Morgan fingerprint density at radius 3 is 2.62 bits per heavy atom. The van der Waals surface area contributed by atoms with Gasteiger partial charge in [-0.2, -0.15) is 0 Å². The molecule has 0 unspecified atom stereocenters. The summed E-state index contributed by atoms with van der Waals surface area (Å²) in [7, 11) is -4.17. The summed E-state index contributed by atoms with van der Waals surface area (Å²) in [6, 6.07) is 0. The molecule has 0 radical (unpaired) electrons. The predicted molar refractivity (Wildman–Crippen MR) is 49.7 cm³/mol. The molecule has 0 saturated heterocycles. The molecule has 0 aliphatic heterocycles. The van der Waals surface area contributed by atoms with Crippen molar-refractivity contribution in [3.63, 3.8) is 0 Å². The fourth-order valence-corrected chi connectivity index (χ4v) is 2.46. The smallest absolute Gasteiger partial charge is 0.320 e. The second-order valence-corrected chi connectivity index (χ2v) is 5.49. The zero-order chi connectivity index (χ0) is 10.1. The second kappa shape index (κ2) is 3.83. The van der Waals surface area contributed by atoms with E-state index in [9.17, 15) is 4.57 Å². The van der Waals surface area contributed by atoms with E-state index in [-0.39, 0.29) is 4.62 Å². The van der Waals surface area contributed by atoms with E-state index in [1.165, 1.54) is 0 Å². The molecule has 13 heavy (non-hydrogen) atoms.